The number of halogens is 1. The van der Waals surface area contributed by atoms with Crippen molar-refractivity contribution in [2.24, 2.45) is 11.1 Å². The SMILES string of the molecule is CCOC(=O)[C@@]1(N)c2cc(Br)ccc2CC12CCC(OC)CC2. The van der Waals surface area contributed by atoms with Crippen LogP contribution in [0.5, 0.6) is 0 Å². The van der Waals surface area contributed by atoms with Crippen molar-refractivity contribution in [2.75, 3.05) is 13.7 Å². The fraction of sp³-hybridized carbons (Fsp3) is 0.611. The number of methoxy groups -OCH3 is 1. The van der Waals surface area contributed by atoms with Crippen molar-refractivity contribution in [1.82, 2.24) is 0 Å². The Hall–Kier alpha value is -0.910. The normalized spacial score (nSPS) is 32.8. The highest BCUT2D eigenvalue weighted by atomic mass is 79.9. The van der Waals surface area contributed by atoms with Gasteiger partial charge in [-0.3, -0.25) is 0 Å². The monoisotopic (exact) mass is 381 g/mol. The second-order valence-electron chi connectivity index (χ2n) is 6.72. The third kappa shape index (κ3) is 2.53. The maximum Gasteiger partial charge on any atom is 0.331 e. The van der Waals surface area contributed by atoms with Crippen LogP contribution in [0.15, 0.2) is 22.7 Å². The molecule has 1 saturated carbocycles. The molecule has 0 radical (unpaired) electrons. The molecule has 1 atom stereocenters. The van der Waals surface area contributed by atoms with E-state index >= 15 is 0 Å². The highest BCUT2D eigenvalue weighted by Crippen LogP contribution is 2.57. The predicted octanol–water partition coefficient (Wildman–Crippen LogP) is 3.30. The van der Waals surface area contributed by atoms with E-state index in [1.807, 2.05) is 19.1 Å². The van der Waals surface area contributed by atoms with E-state index in [-0.39, 0.29) is 17.5 Å². The van der Waals surface area contributed by atoms with Gasteiger partial charge in [0.05, 0.1) is 12.7 Å². The predicted molar refractivity (Wildman–Crippen MR) is 92.0 cm³/mol. The van der Waals surface area contributed by atoms with Crippen molar-refractivity contribution >= 4 is 21.9 Å². The minimum atomic E-state index is -1.07. The van der Waals surface area contributed by atoms with Gasteiger partial charge in [-0.25, -0.2) is 4.79 Å². The van der Waals surface area contributed by atoms with E-state index < -0.39 is 5.54 Å². The lowest BCUT2D eigenvalue weighted by Gasteiger charge is -2.46. The maximum atomic E-state index is 12.9. The van der Waals surface area contributed by atoms with E-state index in [1.165, 1.54) is 5.56 Å². The van der Waals surface area contributed by atoms with Crippen LogP contribution in [0.2, 0.25) is 0 Å². The number of rotatable bonds is 3. The zero-order valence-corrected chi connectivity index (χ0v) is 15.3. The topological polar surface area (TPSA) is 61.5 Å². The summed E-state index contributed by atoms with van der Waals surface area (Å²) in [6.07, 6.45) is 4.73. The number of fused-ring (bicyclic) bond motifs is 1. The molecule has 2 aliphatic carbocycles. The molecular weight excluding hydrogens is 358 g/mol. The molecule has 2 aliphatic rings. The molecule has 126 valence electrons. The van der Waals surface area contributed by atoms with Gasteiger partial charge in [-0.15, -0.1) is 0 Å². The summed E-state index contributed by atoms with van der Waals surface area (Å²) in [5.74, 6) is -0.298. The number of hydrogen-bond donors (Lipinski definition) is 1. The van der Waals surface area contributed by atoms with Crippen molar-refractivity contribution in [3.8, 4) is 0 Å². The lowest BCUT2D eigenvalue weighted by atomic mass is 9.62. The van der Waals surface area contributed by atoms with E-state index in [0.29, 0.717) is 6.61 Å². The molecule has 23 heavy (non-hydrogen) atoms. The molecule has 0 heterocycles. The summed E-state index contributed by atoms with van der Waals surface area (Å²) in [6.45, 7) is 2.17. The van der Waals surface area contributed by atoms with Gasteiger partial charge in [0.15, 0.2) is 0 Å². The summed E-state index contributed by atoms with van der Waals surface area (Å²) in [5.41, 5.74) is 7.58. The summed E-state index contributed by atoms with van der Waals surface area (Å²) < 4.78 is 11.8. The molecule has 0 aromatic heterocycles. The standard InChI is InChI=1S/C18H24BrNO3/c1-3-23-16(21)18(20)15-10-13(19)5-4-12(15)11-17(18)8-6-14(22-2)7-9-17/h4-5,10,14H,3,6-9,11,20H2,1-2H3/t14?,17?,18-/m0/s1. The van der Waals surface area contributed by atoms with Crippen molar-refractivity contribution in [2.45, 2.75) is 50.7 Å². The van der Waals surface area contributed by atoms with Crippen LogP contribution >= 0.6 is 15.9 Å². The molecule has 4 nitrogen and oxygen atoms in total. The molecular formula is C18H24BrNO3. The lowest BCUT2D eigenvalue weighted by Crippen LogP contribution is -2.58. The van der Waals surface area contributed by atoms with Crippen LogP contribution in [0.4, 0.5) is 0 Å². The zero-order chi connectivity index (χ0) is 16.7. The molecule has 1 aromatic rings. The first-order chi connectivity index (χ1) is 11.0. The molecule has 0 bridgehead atoms. The maximum absolute atomic E-state index is 12.9. The highest BCUT2D eigenvalue weighted by Gasteiger charge is 2.61. The van der Waals surface area contributed by atoms with Gasteiger partial charge in [0.25, 0.3) is 0 Å². The second kappa shape index (κ2) is 6.19. The summed E-state index contributed by atoms with van der Waals surface area (Å²) >= 11 is 3.51. The van der Waals surface area contributed by atoms with Gasteiger partial charge >= 0.3 is 5.97 Å². The Morgan fingerprint density at radius 1 is 1.39 bits per heavy atom. The minimum Gasteiger partial charge on any atom is -0.464 e. The summed E-state index contributed by atoms with van der Waals surface area (Å²) in [5, 5.41) is 0. The summed E-state index contributed by atoms with van der Waals surface area (Å²) in [4.78, 5) is 12.9. The number of benzene rings is 1. The van der Waals surface area contributed by atoms with Crippen LogP contribution in [0, 0.1) is 5.41 Å². The van der Waals surface area contributed by atoms with E-state index in [2.05, 4.69) is 22.0 Å². The van der Waals surface area contributed by atoms with Gasteiger partial charge in [-0.05, 0) is 62.3 Å². The third-order valence-electron chi connectivity index (χ3n) is 5.68. The van der Waals surface area contributed by atoms with Gasteiger partial charge in [0.2, 0.25) is 0 Å². The third-order valence-corrected chi connectivity index (χ3v) is 6.18. The molecule has 1 fully saturated rings. The van der Waals surface area contributed by atoms with Gasteiger partial charge in [-0.1, -0.05) is 22.0 Å². The number of carbonyl (C=O) groups excluding carboxylic acids is 1. The Labute approximate surface area is 145 Å². The van der Waals surface area contributed by atoms with Crippen LogP contribution < -0.4 is 5.73 Å². The number of carbonyl (C=O) groups is 1. The highest BCUT2D eigenvalue weighted by molar-refractivity contribution is 9.10. The largest absolute Gasteiger partial charge is 0.464 e. The first-order valence-corrected chi connectivity index (χ1v) is 9.04. The minimum absolute atomic E-state index is 0.266. The van der Waals surface area contributed by atoms with Crippen LogP contribution in [0.25, 0.3) is 0 Å². The summed E-state index contributed by atoms with van der Waals surface area (Å²) in [7, 11) is 1.75. The number of nitrogens with two attached hydrogens (primary N) is 1. The van der Waals surface area contributed by atoms with Gasteiger partial charge in [0, 0.05) is 17.0 Å². The van der Waals surface area contributed by atoms with Crippen LogP contribution in [-0.4, -0.2) is 25.8 Å². The number of hydrogen-bond acceptors (Lipinski definition) is 4. The zero-order valence-electron chi connectivity index (χ0n) is 13.7. The smallest absolute Gasteiger partial charge is 0.331 e. The second-order valence-corrected chi connectivity index (χ2v) is 7.64. The van der Waals surface area contributed by atoms with E-state index in [4.69, 9.17) is 15.2 Å². The van der Waals surface area contributed by atoms with Gasteiger partial charge in [-0.2, -0.15) is 0 Å². The van der Waals surface area contributed by atoms with Gasteiger partial charge in [0.1, 0.15) is 5.54 Å². The Balaban J connectivity index is 2.05. The molecule has 2 N–H and O–H groups in total. The Kier molecular flexibility index (Phi) is 4.55. The molecule has 0 saturated heterocycles. The van der Waals surface area contributed by atoms with E-state index in [0.717, 1.165) is 42.1 Å². The van der Waals surface area contributed by atoms with Crippen LogP contribution in [0.3, 0.4) is 0 Å². The van der Waals surface area contributed by atoms with Crippen molar-refractivity contribution in [1.29, 1.82) is 0 Å². The van der Waals surface area contributed by atoms with Crippen molar-refractivity contribution in [3.05, 3.63) is 33.8 Å². The Morgan fingerprint density at radius 3 is 2.70 bits per heavy atom. The molecule has 0 aliphatic heterocycles. The number of ether oxygens (including phenoxy) is 2. The fourth-order valence-electron chi connectivity index (χ4n) is 4.38. The Bertz CT molecular complexity index is 610. The van der Waals surface area contributed by atoms with E-state index in [1.54, 1.807) is 7.11 Å². The lowest BCUT2D eigenvalue weighted by molar-refractivity contribution is -0.158. The quantitative estimate of drug-likeness (QED) is 0.815. The van der Waals surface area contributed by atoms with E-state index in [9.17, 15) is 4.79 Å². The first-order valence-electron chi connectivity index (χ1n) is 8.24. The molecule has 0 amide bonds. The molecule has 1 aromatic carbocycles. The van der Waals surface area contributed by atoms with Crippen LogP contribution in [0.1, 0.15) is 43.7 Å². The van der Waals surface area contributed by atoms with Crippen molar-refractivity contribution in [3.63, 3.8) is 0 Å². The first kappa shape index (κ1) is 16.9. The van der Waals surface area contributed by atoms with Crippen LogP contribution in [-0.2, 0) is 26.2 Å². The fourth-order valence-corrected chi connectivity index (χ4v) is 4.74. The average Bonchev–Trinajstić information content (AvgIpc) is 2.79. The number of esters is 1. The summed E-state index contributed by atoms with van der Waals surface area (Å²) in [6, 6.07) is 6.09. The molecule has 5 heteroatoms. The molecule has 0 unspecified atom stereocenters. The molecule has 3 rings (SSSR count). The van der Waals surface area contributed by atoms with Gasteiger partial charge < -0.3 is 15.2 Å². The van der Waals surface area contributed by atoms with Crippen molar-refractivity contribution < 1.29 is 14.3 Å². The molecule has 1 spiro atoms. The average molecular weight is 382 g/mol. The Morgan fingerprint density at radius 2 is 2.09 bits per heavy atom.